The Kier molecular flexibility index (Phi) is 3.53. The van der Waals surface area contributed by atoms with Crippen molar-refractivity contribution in [1.29, 1.82) is 0 Å². The summed E-state index contributed by atoms with van der Waals surface area (Å²) in [6.07, 6.45) is 9.03. The number of fused-ring (bicyclic) bond motifs is 1. The average molecular weight is 341 g/mol. The first-order valence-electron chi connectivity index (χ1n) is 10.3. The molecule has 0 amide bonds. The zero-order valence-electron chi connectivity index (χ0n) is 15.4. The van der Waals surface area contributed by atoms with Crippen LogP contribution in [0.3, 0.4) is 0 Å². The zero-order chi connectivity index (χ0) is 17.2. The molecule has 3 atom stereocenters. The lowest BCUT2D eigenvalue weighted by atomic mass is 9.49. The molecule has 1 aromatic rings. The number of aliphatic hydroxyl groups is 1. The number of piperidine rings is 1. The fourth-order valence-corrected chi connectivity index (χ4v) is 6.86. The van der Waals surface area contributed by atoms with Crippen molar-refractivity contribution in [3.63, 3.8) is 0 Å². The smallest absolute Gasteiger partial charge is 0.115 e. The Bertz CT molecular complexity index is 683. The van der Waals surface area contributed by atoms with Gasteiger partial charge in [0.15, 0.2) is 0 Å². The van der Waals surface area contributed by atoms with Gasteiger partial charge in [0.2, 0.25) is 0 Å². The summed E-state index contributed by atoms with van der Waals surface area (Å²) in [4.78, 5) is 2.63. The molecule has 2 bridgehead atoms. The number of hydrogen-bond donors (Lipinski definition) is 2. The maximum atomic E-state index is 12.0. The lowest BCUT2D eigenvalue weighted by molar-refractivity contribution is -0.170. The largest absolute Gasteiger partial charge is 0.508 e. The fraction of sp³-hybridized carbons (Fsp3) is 0.727. The van der Waals surface area contributed by atoms with Crippen molar-refractivity contribution in [2.24, 2.45) is 11.8 Å². The highest BCUT2D eigenvalue weighted by atomic mass is 16.3. The molecule has 0 unspecified atom stereocenters. The quantitative estimate of drug-likeness (QED) is 0.864. The summed E-state index contributed by atoms with van der Waals surface area (Å²) in [5.41, 5.74) is 1.87. The first kappa shape index (κ1) is 16.1. The molecule has 2 saturated carbocycles. The molecule has 25 heavy (non-hydrogen) atoms. The van der Waals surface area contributed by atoms with Gasteiger partial charge in [0.05, 0.1) is 5.60 Å². The van der Waals surface area contributed by atoms with Gasteiger partial charge >= 0.3 is 0 Å². The van der Waals surface area contributed by atoms with Gasteiger partial charge in [0, 0.05) is 18.0 Å². The number of benzene rings is 1. The monoisotopic (exact) mass is 341 g/mol. The highest BCUT2D eigenvalue weighted by molar-refractivity contribution is 5.48. The topological polar surface area (TPSA) is 43.7 Å². The molecular formula is C22H31NO2. The van der Waals surface area contributed by atoms with Crippen LogP contribution in [0.2, 0.25) is 0 Å². The Hall–Kier alpha value is -1.06. The standard InChI is InChI=1S/C22H31NO2/c1-15-10-16(11-15)14-23-9-8-21-6-2-3-7-22(21,25)20(23)12-17-4-5-18(24)13-19(17)21/h4-5,13,15-16,20,24-25H,2-3,6-12,14H2,1H3/t15?,16?,20-,21+,22-/m1/s1. The summed E-state index contributed by atoms with van der Waals surface area (Å²) in [6, 6.07) is 6.17. The molecule has 1 aromatic carbocycles. The molecule has 1 aliphatic heterocycles. The third kappa shape index (κ3) is 2.18. The Morgan fingerprint density at radius 3 is 2.76 bits per heavy atom. The predicted octanol–water partition coefficient (Wildman–Crippen LogP) is 3.61. The normalized spacial score (nSPS) is 43.0. The maximum absolute atomic E-state index is 12.0. The first-order valence-corrected chi connectivity index (χ1v) is 10.3. The Morgan fingerprint density at radius 2 is 1.96 bits per heavy atom. The summed E-state index contributed by atoms with van der Waals surface area (Å²) in [5, 5.41) is 22.1. The van der Waals surface area contributed by atoms with Gasteiger partial charge in [0.1, 0.15) is 5.75 Å². The molecule has 136 valence electrons. The third-order valence-corrected chi connectivity index (χ3v) is 8.04. The first-order chi connectivity index (χ1) is 12.0. The van der Waals surface area contributed by atoms with Crippen molar-refractivity contribution in [2.75, 3.05) is 13.1 Å². The van der Waals surface area contributed by atoms with E-state index in [4.69, 9.17) is 0 Å². The molecule has 1 saturated heterocycles. The van der Waals surface area contributed by atoms with Crippen molar-refractivity contribution in [3.8, 4) is 5.75 Å². The highest BCUT2D eigenvalue weighted by Gasteiger charge is 2.63. The SMILES string of the molecule is CC1CC(CN2CC[C@]34CCCC[C@@]3(O)[C@H]2Cc2ccc(O)cc24)C1. The summed E-state index contributed by atoms with van der Waals surface area (Å²) in [7, 11) is 0. The molecule has 3 nitrogen and oxygen atoms in total. The third-order valence-electron chi connectivity index (χ3n) is 8.04. The number of phenols is 1. The number of hydrogen-bond acceptors (Lipinski definition) is 3. The van der Waals surface area contributed by atoms with Gasteiger partial charge in [0.25, 0.3) is 0 Å². The van der Waals surface area contributed by atoms with Crippen molar-refractivity contribution in [1.82, 2.24) is 4.90 Å². The van der Waals surface area contributed by atoms with Gasteiger partial charge in [-0.1, -0.05) is 25.8 Å². The van der Waals surface area contributed by atoms with Gasteiger partial charge in [-0.3, -0.25) is 4.90 Å². The summed E-state index contributed by atoms with van der Waals surface area (Å²) in [5.74, 6) is 2.07. The van der Waals surface area contributed by atoms with Crippen LogP contribution in [-0.2, 0) is 11.8 Å². The second kappa shape index (κ2) is 5.47. The summed E-state index contributed by atoms with van der Waals surface area (Å²) in [6.45, 7) is 4.63. The number of rotatable bonds is 2. The Balaban J connectivity index is 1.54. The predicted molar refractivity (Wildman–Crippen MR) is 98.8 cm³/mol. The van der Waals surface area contributed by atoms with Gasteiger partial charge in [-0.05, 0) is 80.2 Å². The van der Waals surface area contributed by atoms with Crippen LogP contribution in [-0.4, -0.2) is 39.8 Å². The highest BCUT2D eigenvalue weighted by Crippen LogP contribution is 2.58. The lowest BCUT2D eigenvalue weighted by Gasteiger charge is -2.64. The van der Waals surface area contributed by atoms with Crippen molar-refractivity contribution in [2.45, 2.75) is 75.3 Å². The van der Waals surface area contributed by atoms with Crippen LogP contribution in [0.15, 0.2) is 18.2 Å². The fourth-order valence-electron chi connectivity index (χ4n) is 6.86. The maximum Gasteiger partial charge on any atom is 0.115 e. The van der Waals surface area contributed by atoms with E-state index in [9.17, 15) is 10.2 Å². The number of nitrogens with zero attached hydrogens (tertiary/aromatic N) is 1. The molecule has 0 spiro atoms. The molecule has 0 radical (unpaired) electrons. The Morgan fingerprint density at radius 1 is 1.16 bits per heavy atom. The van der Waals surface area contributed by atoms with E-state index in [1.165, 1.54) is 36.9 Å². The van der Waals surface area contributed by atoms with Gasteiger partial charge in [-0.15, -0.1) is 0 Å². The van der Waals surface area contributed by atoms with Crippen molar-refractivity contribution >= 4 is 0 Å². The van der Waals surface area contributed by atoms with Gasteiger partial charge in [-0.25, -0.2) is 0 Å². The lowest BCUT2D eigenvalue weighted by Crippen LogP contribution is -2.72. The second-order valence-corrected chi connectivity index (χ2v) is 9.46. The summed E-state index contributed by atoms with van der Waals surface area (Å²) < 4.78 is 0. The zero-order valence-corrected chi connectivity index (χ0v) is 15.4. The second-order valence-electron chi connectivity index (χ2n) is 9.46. The van der Waals surface area contributed by atoms with E-state index in [1.54, 1.807) is 0 Å². The van der Waals surface area contributed by atoms with Crippen LogP contribution in [0.5, 0.6) is 5.75 Å². The van der Waals surface area contributed by atoms with Gasteiger partial charge < -0.3 is 10.2 Å². The van der Waals surface area contributed by atoms with E-state index >= 15 is 0 Å². The minimum Gasteiger partial charge on any atom is -0.508 e. The van der Waals surface area contributed by atoms with Crippen LogP contribution in [0.1, 0.15) is 63.0 Å². The molecule has 4 aliphatic rings. The molecular weight excluding hydrogens is 310 g/mol. The molecule has 1 heterocycles. The van der Waals surface area contributed by atoms with E-state index in [-0.39, 0.29) is 11.5 Å². The van der Waals surface area contributed by atoms with E-state index in [0.29, 0.717) is 5.75 Å². The van der Waals surface area contributed by atoms with Crippen LogP contribution in [0.25, 0.3) is 0 Å². The van der Waals surface area contributed by atoms with Crippen LogP contribution >= 0.6 is 0 Å². The van der Waals surface area contributed by atoms with Gasteiger partial charge in [-0.2, -0.15) is 0 Å². The van der Waals surface area contributed by atoms with E-state index in [0.717, 1.165) is 50.5 Å². The Labute approximate surface area is 151 Å². The molecule has 3 fully saturated rings. The summed E-state index contributed by atoms with van der Waals surface area (Å²) >= 11 is 0. The van der Waals surface area contributed by atoms with E-state index in [1.807, 2.05) is 12.1 Å². The minimum atomic E-state index is -0.611. The van der Waals surface area contributed by atoms with Crippen molar-refractivity contribution in [3.05, 3.63) is 29.3 Å². The molecule has 3 heteroatoms. The average Bonchev–Trinajstić information content (AvgIpc) is 2.56. The molecule has 3 aliphatic carbocycles. The minimum absolute atomic E-state index is 0.133. The van der Waals surface area contributed by atoms with Crippen molar-refractivity contribution < 1.29 is 10.2 Å². The van der Waals surface area contributed by atoms with E-state index < -0.39 is 5.60 Å². The van der Waals surface area contributed by atoms with Crippen LogP contribution in [0, 0.1) is 11.8 Å². The van der Waals surface area contributed by atoms with E-state index in [2.05, 4.69) is 17.9 Å². The number of phenolic OH excluding ortho intramolecular Hbond substituents is 1. The molecule has 5 rings (SSSR count). The molecule has 2 N–H and O–H groups in total. The van der Waals surface area contributed by atoms with Crippen LogP contribution in [0.4, 0.5) is 0 Å². The number of aromatic hydroxyl groups is 1. The molecule has 0 aromatic heterocycles. The van der Waals surface area contributed by atoms with Crippen LogP contribution < -0.4 is 0 Å². The number of likely N-dealkylation sites (tertiary alicyclic amines) is 1.